The highest BCUT2D eigenvalue weighted by molar-refractivity contribution is 5.79. The summed E-state index contributed by atoms with van der Waals surface area (Å²) in [6.07, 6.45) is 0.687. The van der Waals surface area contributed by atoms with E-state index < -0.39 is 6.10 Å². The highest BCUT2D eigenvalue weighted by Gasteiger charge is 2.25. The van der Waals surface area contributed by atoms with Gasteiger partial charge in [0.2, 0.25) is 0 Å². The maximum absolute atomic E-state index is 11.8. The number of ether oxygens (including phenoxy) is 2. The molecule has 19 heavy (non-hydrogen) atoms. The van der Waals surface area contributed by atoms with Crippen molar-refractivity contribution in [3.63, 3.8) is 0 Å². The summed E-state index contributed by atoms with van der Waals surface area (Å²) < 4.78 is 10.6. The molecule has 0 aliphatic rings. The molecule has 0 aromatic heterocycles. The summed E-state index contributed by atoms with van der Waals surface area (Å²) in [5.41, 5.74) is 0.743. The number of hydrogen-bond donors (Lipinski definition) is 1. The largest absolute Gasteiger partial charge is 0.478 e. The van der Waals surface area contributed by atoms with E-state index in [1.807, 2.05) is 13.8 Å². The zero-order valence-corrected chi connectivity index (χ0v) is 11.4. The van der Waals surface area contributed by atoms with Crippen LogP contribution in [0.1, 0.15) is 26.3 Å². The van der Waals surface area contributed by atoms with E-state index in [1.54, 1.807) is 31.2 Å². The third kappa shape index (κ3) is 4.62. The molecule has 1 rings (SSSR count). The van der Waals surface area contributed by atoms with Crippen molar-refractivity contribution in [3.05, 3.63) is 29.8 Å². The summed E-state index contributed by atoms with van der Waals surface area (Å²) in [7, 11) is 0. The number of benzene rings is 1. The summed E-state index contributed by atoms with van der Waals surface area (Å²) in [4.78, 5) is 11.8. The minimum absolute atomic E-state index is 0.0118. The Balaban J connectivity index is 2.76. The maximum atomic E-state index is 11.8. The normalized spacial score (nSPS) is 12.6. The van der Waals surface area contributed by atoms with Crippen molar-refractivity contribution in [2.24, 2.45) is 11.1 Å². The first-order valence-electron chi connectivity index (χ1n) is 6.19. The molecule has 0 unspecified atom stereocenters. The van der Waals surface area contributed by atoms with E-state index >= 15 is 0 Å². The Hall–Kier alpha value is -2.04. The first kappa shape index (κ1) is 15.0. The SMILES string of the molecule is CCOC(=O)[C@H](Oc1ccc(/C=N\O)cc1)C(C)C. The molecular formula is C14H19NO4. The lowest BCUT2D eigenvalue weighted by atomic mass is 10.1. The Kier molecular flexibility index (Phi) is 5.85. The van der Waals surface area contributed by atoms with Crippen molar-refractivity contribution in [2.75, 3.05) is 6.61 Å². The molecule has 0 aliphatic carbocycles. The lowest BCUT2D eigenvalue weighted by molar-refractivity contribution is -0.153. The molecule has 0 aliphatic heterocycles. The Morgan fingerprint density at radius 2 is 2.00 bits per heavy atom. The Morgan fingerprint density at radius 3 is 2.47 bits per heavy atom. The molecule has 0 bridgehead atoms. The second-order valence-electron chi connectivity index (χ2n) is 4.35. The van der Waals surface area contributed by atoms with Gasteiger partial charge in [0.05, 0.1) is 12.8 Å². The van der Waals surface area contributed by atoms with Crippen LogP contribution in [0.5, 0.6) is 5.75 Å². The molecule has 0 spiro atoms. The first-order chi connectivity index (χ1) is 9.08. The van der Waals surface area contributed by atoms with Crippen molar-refractivity contribution >= 4 is 12.2 Å². The minimum atomic E-state index is -0.627. The average Bonchev–Trinajstić information content (AvgIpc) is 2.38. The lowest BCUT2D eigenvalue weighted by Crippen LogP contribution is -2.34. The van der Waals surface area contributed by atoms with Crippen molar-refractivity contribution in [2.45, 2.75) is 26.9 Å². The van der Waals surface area contributed by atoms with E-state index in [-0.39, 0.29) is 11.9 Å². The lowest BCUT2D eigenvalue weighted by Gasteiger charge is -2.20. The van der Waals surface area contributed by atoms with Crippen LogP contribution < -0.4 is 4.74 Å². The molecule has 104 valence electrons. The van der Waals surface area contributed by atoms with Crippen LogP contribution in [0.2, 0.25) is 0 Å². The van der Waals surface area contributed by atoms with Gasteiger partial charge in [0, 0.05) is 5.92 Å². The van der Waals surface area contributed by atoms with Gasteiger partial charge in [-0.1, -0.05) is 19.0 Å². The maximum Gasteiger partial charge on any atom is 0.347 e. The predicted molar refractivity (Wildman–Crippen MR) is 71.7 cm³/mol. The third-order valence-electron chi connectivity index (χ3n) is 2.47. The fraction of sp³-hybridized carbons (Fsp3) is 0.429. The van der Waals surface area contributed by atoms with Gasteiger partial charge in [-0.15, -0.1) is 0 Å². The summed E-state index contributed by atoms with van der Waals surface area (Å²) >= 11 is 0. The van der Waals surface area contributed by atoms with Gasteiger partial charge >= 0.3 is 5.97 Å². The molecule has 0 heterocycles. The highest BCUT2D eigenvalue weighted by atomic mass is 16.6. The van der Waals surface area contributed by atoms with Crippen LogP contribution in [0.25, 0.3) is 0 Å². The van der Waals surface area contributed by atoms with Crippen LogP contribution in [-0.2, 0) is 9.53 Å². The Labute approximate surface area is 112 Å². The molecule has 1 N–H and O–H groups in total. The molecule has 1 atom stereocenters. The zero-order valence-electron chi connectivity index (χ0n) is 11.4. The Morgan fingerprint density at radius 1 is 1.37 bits per heavy atom. The van der Waals surface area contributed by atoms with Crippen molar-refractivity contribution < 1.29 is 19.5 Å². The molecule has 0 radical (unpaired) electrons. The van der Waals surface area contributed by atoms with E-state index in [2.05, 4.69) is 5.16 Å². The molecule has 0 saturated heterocycles. The van der Waals surface area contributed by atoms with Crippen LogP contribution in [0, 0.1) is 5.92 Å². The van der Waals surface area contributed by atoms with Gasteiger partial charge < -0.3 is 14.7 Å². The fourth-order valence-corrected chi connectivity index (χ4v) is 1.53. The standard InChI is InChI=1S/C14H19NO4/c1-4-18-14(16)13(10(2)3)19-12-7-5-11(6-8-12)9-15-17/h5-10,13,17H,4H2,1-3H3/b15-9-/t13-/m1/s1. The van der Waals surface area contributed by atoms with E-state index in [9.17, 15) is 4.79 Å². The van der Waals surface area contributed by atoms with Gasteiger partial charge in [-0.3, -0.25) is 0 Å². The number of hydrogen-bond acceptors (Lipinski definition) is 5. The quantitative estimate of drug-likeness (QED) is 0.371. The van der Waals surface area contributed by atoms with Gasteiger partial charge in [-0.05, 0) is 36.8 Å². The van der Waals surface area contributed by atoms with Gasteiger partial charge in [-0.2, -0.15) is 0 Å². The number of esters is 1. The highest BCUT2D eigenvalue weighted by Crippen LogP contribution is 2.17. The van der Waals surface area contributed by atoms with Gasteiger partial charge in [-0.25, -0.2) is 4.79 Å². The Bertz CT molecular complexity index is 426. The third-order valence-corrected chi connectivity index (χ3v) is 2.47. The molecule has 5 heteroatoms. The molecule has 0 fully saturated rings. The molecular weight excluding hydrogens is 246 g/mol. The minimum Gasteiger partial charge on any atom is -0.478 e. The monoisotopic (exact) mass is 265 g/mol. The number of carbonyl (C=O) groups is 1. The van der Waals surface area contributed by atoms with Crippen molar-refractivity contribution in [3.8, 4) is 5.75 Å². The van der Waals surface area contributed by atoms with Crippen molar-refractivity contribution in [1.29, 1.82) is 0 Å². The van der Waals surface area contributed by atoms with Gasteiger partial charge in [0.15, 0.2) is 6.10 Å². The van der Waals surface area contributed by atoms with Crippen LogP contribution >= 0.6 is 0 Å². The topological polar surface area (TPSA) is 68.1 Å². The fourth-order valence-electron chi connectivity index (χ4n) is 1.53. The molecule has 1 aromatic carbocycles. The molecule has 1 aromatic rings. The van der Waals surface area contributed by atoms with Gasteiger partial charge in [0.1, 0.15) is 5.75 Å². The summed E-state index contributed by atoms with van der Waals surface area (Å²) in [5.74, 6) is 0.220. The smallest absolute Gasteiger partial charge is 0.347 e. The van der Waals surface area contributed by atoms with Crippen LogP contribution in [-0.4, -0.2) is 30.1 Å². The predicted octanol–water partition coefficient (Wildman–Crippen LogP) is 2.46. The van der Waals surface area contributed by atoms with Crippen molar-refractivity contribution in [1.82, 2.24) is 0 Å². The first-order valence-corrected chi connectivity index (χ1v) is 6.19. The van der Waals surface area contributed by atoms with Crippen LogP contribution in [0.4, 0.5) is 0 Å². The number of nitrogens with zero attached hydrogens (tertiary/aromatic N) is 1. The van der Waals surface area contributed by atoms with E-state index in [1.165, 1.54) is 6.21 Å². The summed E-state index contributed by atoms with van der Waals surface area (Å²) in [6, 6.07) is 6.90. The van der Waals surface area contributed by atoms with E-state index in [0.29, 0.717) is 12.4 Å². The van der Waals surface area contributed by atoms with Crippen LogP contribution in [0.15, 0.2) is 29.4 Å². The number of oxime groups is 1. The second-order valence-corrected chi connectivity index (χ2v) is 4.35. The van der Waals surface area contributed by atoms with Crippen LogP contribution in [0.3, 0.4) is 0 Å². The van der Waals surface area contributed by atoms with E-state index in [4.69, 9.17) is 14.7 Å². The van der Waals surface area contributed by atoms with Gasteiger partial charge in [0.25, 0.3) is 0 Å². The summed E-state index contributed by atoms with van der Waals surface area (Å²) in [6.45, 7) is 5.89. The van der Waals surface area contributed by atoms with E-state index in [0.717, 1.165) is 5.56 Å². The zero-order chi connectivity index (χ0) is 14.3. The molecule has 5 nitrogen and oxygen atoms in total. The number of carbonyl (C=O) groups excluding carboxylic acids is 1. The second kappa shape index (κ2) is 7.41. The number of rotatable bonds is 6. The summed E-state index contributed by atoms with van der Waals surface area (Å²) in [5, 5.41) is 11.4. The molecule has 0 saturated carbocycles. The molecule has 0 amide bonds. The average molecular weight is 265 g/mol.